The van der Waals surface area contributed by atoms with Crippen molar-refractivity contribution in [3.05, 3.63) is 24.3 Å². The van der Waals surface area contributed by atoms with Crippen molar-refractivity contribution in [2.24, 2.45) is 5.73 Å². The van der Waals surface area contributed by atoms with Crippen LogP contribution in [0.25, 0.3) is 0 Å². The Labute approximate surface area is 125 Å². The minimum absolute atomic E-state index is 0.0902. The van der Waals surface area contributed by atoms with E-state index in [-0.39, 0.29) is 10.9 Å². The Hall–Kier alpha value is -1.15. The second kappa shape index (κ2) is 7.22. The molecule has 1 aliphatic heterocycles. The normalized spacial score (nSPS) is 19.8. The van der Waals surface area contributed by atoms with E-state index in [1.807, 2.05) is 0 Å². The highest BCUT2D eigenvalue weighted by Gasteiger charge is 2.34. The molecule has 0 radical (unpaired) electrons. The van der Waals surface area contributed by atoms with Crippen LogP contribution < -0.4 is 10.5 Å². The SMILES string of the molecule is COCCOc1ccc(S(=O)(=O)N2CCC[C@@H]2CN)cc1. The van der Waals surface area contributed by atoms with Gasteiger partial charge in [-0.3, -0.25) is 0 Å². The van der Waals surface area contributed by atoms with Crippen molar-refractivity contribution in [1.29, 1.82) is 0 Å². The quantitative estimate of drug-likeness (QED) is 0.754. The highest BCUT2D eigenvalue weighted by molar-refractivity contribution is 7.89. The van der Waals surface area contributed by atoms with Crippen LogP contribution in [0.1, 0.15) is 12.8 Å². The molecule has 0 amide bonds. The van der Waals surface area contributed by atoms with Crippen molar-refractivity contribution < 1.29 is 17.9 Å². The fraction of sp³-hybridized carbons (Fsp3) is 0.571. The Bertz CT molecular complexity index is 545. The van der Waals surface area contributed by atoms with Gasteiger partial charge in [0.2, 0.25) is 10.0 Å². The fourth-order valence-corrected chi connectivity index (χ4v) is 4.15. The predicted octanol–water partition coefficient (Wildman–Crippen LogP) is 0.824. The second-order valence-electron chi connectivity index (χ2n) is 4.96. The number of rotatable bonds is 7. The minimum Gasteiger partial charge on any atom is -0.491 e. The summed E-state index contributed by atoms with van der Waals surface area (Å²) in [6.07, 6.45) is 1.69. The van der Waals surface area contributed by atoms with Gasteiger partial charge in [0.15, 0.2) is 0 Å². The van der Waals surface area contributed by atoms with Gasteiger partial charge in [0.1, 0.15) is 12.4 Å². The topological polar surface area (TPSA) is 81.9 Å². The maximum absolute atomic E-state index is 12.6. The van der Waals surface area contributed by atoms with Crippen molar-refractivity contribution in [2.45, 2.75) is 23.8 Å². The average molecular weight is 314 g/mol. The lowest BCUT2D eigenvalue weighted by Crippen LogP contribution is -2.39. The van der Waals surface area contributed by atoms with Gasteiger partial charge in [-0.2, -0.15) is 4.31 Å². The first-order chi connectivity index (χ1) is 10.1. The summed E-state index contributed by atoms with van der Waals surface area (Å²) in [5.74, 6) is 0.628. The van der Waals surface area contributed by atoms with Crippen LogP contribution in [0.4, 0.5) is 0 Å². The number of nitrogens with two attached hydrogens (primary N) is 1. The monoisotopic (exact) mass is 314 g/mol. The first-order valence-electron chi connectivity index (χ1n) is 7.03. The van der Waals surface area contributed by atoms with E-state index < -0.39 is 10.0 Å². The third-order valence-electron chi connectivity index (χ3n) is 3.58. The van der Waals surface area contributed by atoms with Crippen LogP contribution in [0.3, 0.4) is 0 Å². The molecule has 0 aliphatic carbocycles. The molecule has 0 bridgehead atoms. The number of methoxy groups -OCH3 is 1. The fourth-order valence-electron chi connectivity index (χ4n) is 2.45. The lowest BCUT2D eigenvalue weighted by atomic mass is 10.2. The Balaban J connectivity index is 2.10. The van der Waals surface area contributed by atoms with Gasteiger partial charge in [-0.1, -0.05) is 0 Å². The Morgan fingerprint density at radius 3 is 2.62 bits per heavy atom. The zero-order valence-corrected chi connectivity index (χ0v) is 13.0. The molecule has 1 heterocycles. The molecule has 0 spiro atoms. The first kappa shape index (κ1) is 16.2. The summed E-state index contributed by atoms with van der Waals surface area (Å²) in [6, 6.07) is 6.38. The van der Waals surface area contributed by atoms with Gasteiger partial charge >= 0.3 is 0 Å². The van der Waals surface area contributed by atoms with E-state index in [0.717, 1.165) is 12.8 Å². The molecule has 1 aliphatic rings. The molecule has 0 unspecified atom stereocenters. The van der Waals surface area contributed by atoms with E-state index >= 15 is 0 Å². The highest BCUT2D eigenvalue weighted by atomic mass is 32.2. The third kappa shape index (κ3) is 3.74. The standard InChI is InChI=1S/C14H22N2O4S/c1-19-9-10-20-13-4-6-14(7-5-13)21(17,18)16-8-2-3-12(16)11-15/h4-7,12H,2-3,8-11,15H2,1H3/t12-/m1/s1. The van der Waals surface area contributed by atoms with E-state index in [0.29, 0.717) is 32.1 Å². The van der Waals surface area contributed by atoms with E-state index in [1.54, 1.807) is 31.4 Å². The van der Waals surface area contributed by atoms with E-state index in [4.69, 9.17) is 15.2 Å². The molecule has 1 aromatic carbocycles. The van der Waals surface area contributed by atoms with Crippen molar-refractivity contribution in [1.82, 2.24) is 4.31 Å². The summed E-state index contributed by atoms with van der Waals surface area (Å²) < 4.78 is 37.0. The molecule has 0 saturated carbocycles. The van der Waals surface area contributed by atoms with Crippen molar-refractivity contribution in [3.63, 3.8) is 0 Å². The molecule has 1 aromatic rings. The van der Waals surface area contributed by atoms with Crippen LogP contribution in [0, 0.1) is 0 Å². The summed E-state index contributed by atoms with van der Waals surface area (Å²) >= 11 is 0. The van der Waals surface area contributed by atoms with Gasteiger partial charge in [-0.25, -0.2) is 8.42 Å². The largest absolute Gasteiger partial charge is 0.491 e. The van der Waals surface area contributed by atoms with Gasteiger partial charge in [0.05, 0.1) is 11.5 Å². The molecular weight excluding hydrogens is 292 g/mol. The third-order valence-corrected chi connectivity index (χ3v) is 5.55. The summed E-state index contributed by atoms with van der Waals surface area (Å²) in [5.41, 5.74) is 5.65. The van der Waals surface area contributed by atoms with E-state index in [1.165, 1.54) is 4.31 Å². The van der Waals surface area contributed by atoms with Gasteiger partial charge < -0.3 is 15.2 Å². The first-order valence-corrected chi connectivity index (χ1v) is 8.47. The number of hydrogen-bond acceptors (Lipinski definition) is 5. The molecule has 1 fully saturated rings. The van der Waals surface area contributed by atoms with E-state index in [2.05, 4.69) is 0 Å². The molecule has 6 nitrogen and oxygen atoms in total. The Morgan fingerprint density at radius 2 is 2.00 bits per heavy atom. The molecule has 2 N–H and O–H groups in total. The van der Waals surface area contributed by atoms with Crippen molar-refractivity contribution in [3.8, 4) is 5.75 Å². The summed E-state index contributed by atoms with van der Waals surface area (Å²) in [4.78, 5) is 0.280. The smallest absolute Gasteiger partial charge is 0.243 e. The van der Waals surface area contributed by atoms with Crippen molar-refractivity contribution in [2.75, 3.05) is 33.4 Å². The average Bonchev–Trinajstić information content (AvgIpc) is 2.97. The predicted molar refractivity (Wildman–Crippen MR) is 79.8 cm³/mol. The Morgan fingerprint density at radius 1 is 1.29 bits per heavy atom. The number of ether oxygens (including phenoxy) is 2. The molecule has 1 saturated heterocycles. The van der Waals surface area contributed by atoms with Crippen LogP contribution in [0.15, 0.2) is 29.2 Å². The number of nitrogens with zero attached hydrogens (tertiary/aromatic N) is 1. The van der Waals surface area contributed by atoms with Crippen LogP contribution in [0.2, 0.25) is 0 Å². The molecule has 7 heteroatoms. The number of benzene rings is 1. The van der Waals surface area contributed by atoms with Crippen LogP contribution in [0.5, 0.6) is 5.75 Å². The second-order valence-corrected chi connectivity index (χ2v) is 6.85. The molecule has 118 valence electrons. The Kier molecular flexibility index (Phi) is 5.58. The van der Waals surface area contributed by atoms with Crippen LogP contribution in [-0.4, -0.2) is 52.2 Å². The maximum Gasteiger partial charge on any atom is 0.243 e. The van der Waals surface area contributed by atoms with Crippen LogP contribution in [-0.2, 0) is 14.8 Å². The van der Waals surface area contributed by atoms with E-state index in [9.17, 15) is 8.42 Å². The molecule has 0 aromatic heterocycles. The molecular formula is C14H22N2O4S. The molecule has 21 heavy (non-hydrogen) atoms. The number of hydrogen-bond donors (Lipinski definition) is 1. The van der Waals surface area contributed by atoms with Crippen molar-refractivity contribution >= 4 is 10.0 Å². The highest BCUT2D eigenvalue weighted by Crippen LogP contribution is 2.26. The summed E-state index contributed by atoms with van der Waals surface area (Å²) in [7, 11) is -1.87. The summed E-state index contributed by atoms with van der Waals surface area (Å²) in [5, 5.41) is 0. The molecule has 2 rings (SSSR count). The molecule has 1 atom stereocenters. The van der Waals surface area contributed by atoms with Gasteiger partial charge in [-0.05, 0) is 37.1 Å². The zero-order valence-electron chi connectivity index (χ0n) is 12.2. The summed E-state index contributed by atoms with van der Waals surface area (Å²) in [6.45, 7) is 1.82. The van der Waals surface area contributed by atoms with Crippen LogP contribution >= 0.6 is 0 Å². The van der Waals surface area contributed by atoms with Gasteiger partial charge in [-0.15, -0.1) is 0 Å². The van der Waals surface area contributed by atoms with Gasteiger partial charge in [0, 0.05) is 26.2 Å². The number of sulfonamides is 1. The zero-order chi connectivity index (χ0) is 15.3. The lowest BCUT2D eigenvalue weighted by Gasteiger charge is -2.22. The minimum atomic E-state index is -3.47. The lowest BCUT2D eigenvalue weighted by molar-refractivity contribution is 0.146. The van der Waals surface area contributed by atoms with Gasteiger partial charge in [0.25, 0.3) is 0 Å². The maximum atomic E-state index is 12.6.